The van der Waals surface area contributed by atoms with Crippen LogP contribution in [0.4, 0.5) is 0 Å². The van der Waals surface area contributed by atoms with Gasteiger partial charge in [-0.15, -0.1) is 0 Å². The van der Waals surface area contributed by atoms with Crippen LogP contribution in [0.5, 0.6) is 0 Å². The van der Waals surface area contributed by atoms with Crippen LogP contribution >= 0.6 is 0 Å². The van der Waals surface area contributed by atoms with Crippen LogP contribution in [0, 0.1) is 5.92 Å². The Labute approximate surface area is 95.5 Å². The molecule has 0 saturated carbocycles. The van der Waals surface area contributed by atoms with Gasteiger partial charge in [-0.1, -0.05) is 27.7 Å². The Hall–Kier alpha value is -0.153. The summed E-state index contributed by atoms with van der Waals surface area (Å²) < 4.78 is 6.08. The summed E-state index contributed by atoms with van der Waals surface area (Å²) in [6, 6.07) is 0. The second kappa shape index (κ2) is 5.80. The summed E-state index contributed by atoms with van der Waals surface area (Å²) in [5, 5.41) is 0.275. The Morgan fingerprint density at radius 1 is 1.33 bits per heavy atom. The molecule has 0 amide bonds. The van der Waals surface area contributed by atoms with Gasteiger partial charge in [0.2, 0.25) is 0 Å². The molecule has 1 atom stereocenters. The third-order valence-electron chi connectivity index (χ3n) is 3.31. The van der Waals surface area contributed by atoms with E-state index in [1.165, 1.54) is 0 Å². The van der Waals surface area contributed by atoms with Crippen molar-refractivity contribution in [2.24, 2.45) is 5.92 Å². The van der Waals surface area contributed by atoms with Gasteiger partial charge < -0.3 is 9.22 Å². The van der Waals surface area contributed by atoms with Gasteiger partial charge in [-0.05, 0) is 30.5 Å². The summed E-state index contributed by atoms with van der Waals surface area (Å²) in [5.41, 5.74) is 0. The first-order valence-corrected chi connectivity index (χ1v) is 8.69. The van der Waals surface area contributed by atoms with Gasteiger partial charge in [0.05, 0.1) is 0 Å². The quantitative estimate of drug-likeness (QED) is 0.514. The number of aldehydes is 1. The molecule has 0 aromatic rings. The van der Waals surface area contributed by atoms with E-state index in [9.17, 15) is 4.79 Å². The van der Waals surface area contributed by atoms with Crippen molar-refractivity contribution >= 4 is 14.6 Å². The molecule has 0 N–H and O–H groups in total. The van der Waals surface area contributed by atoms with E-state index in [1.807, 2.05) is 0 Å². The van der Waals surface area contributed by atoms with Gasteiger partial charge in [0.1, 0.15) is 6.29 Å². The van der Waals surface area contributed by atoms with Crippen molar-refractivity contribution in [2.45, 2.75) is 58.7 Å². The monoisotopic (exact) mass is 230 g/mol. The highest BCUT2D eigenvalue weighted by molar-refractivity contribution is 6.74. The van der Waals surface area contributed by atoms with Gasteiger partial charge in [0.15, 0.2) is 8.32 Å². The van der Waals surface area contributed by atoms with Crippen molar-refractivity contribution in [1.82, 2.24) is 0 Å². The molecule has 0 unspecified atom stereocenters. The Balaban J connectivity index is 3.98. The summed E-state index contributed by atoms with van der Waals surface area (Å²) in [6.45, 7) is 14.2. The number of hydrogen-bond donors (Lipinski definition) is 0. The molecular weight excluding hydrogens is 204 g/mol. The van der Waals surface area contributed by atoms with Gasteiger partial charge in [0.25, 0.3) is 0 Å². The fourth-order valence-electron chi connectivity index (χ4n) is 1.00. The van der Waals surface area contributed by atoms with E-state index in [-0.39, 0.29) is 5.04 Å². The topological polar surface area (TPSA) is 26.3 Å². The molecule has 0 aliphatic rings. The van der Waals surface area contributed by atoms with E-state index < -0.39 is 8.32 Å². The van der Waals surface area contributed by atoms with E-state index in [0.29, 0.717) is 12.3 Å². The maximum absolute atomic E-state index is 10.2. The minimum absolute atomic E-state index is 0.275. The summed E-state index contributed by atoms with van der Waals surface area (Å²) in [6.07, 6.45) is 2.59. The van der Waals surface area contributed by atoms with Crippen LogP contribution in [-0.4, -0.2) is 21.2 Å². The minimum Gasteiger partial charge on any atom is -0.417 e. The average molecular weight is 230 g/mol. The van der Waals surface area contributed by atoms with Gasteiger partial charge in [-0.25, -0.2) is 0 Å². The Bertz CT molecular complexity index is 194. The van der Waals surface area contributed by atoms with E-state index >= 15 is 0 Å². The van der Waals surface area contributed by atoms with Gasteiger partial charge >= 0.3 is 0 Å². The van der Waals surface area contributed by atoms with E-state index in [0.717, 1.165) is 19.3 Å². The van der Waals surface area contributed by atoms with Gasteiger partial charge in [-0.3, -0.25) is 0 Å². The summed E-state index contributed by atoms with van der Waals surface area (Å²) in [5.74, 6) is 0.490. The van der Waals surface area contributed by atoms with Crippen molar-refractivity contribution < 1.29 is 9.22 Å². The highest BCUT2D eigenvalue weighted by Crippen LogP contribution is 2.36. The van der Waals surface area contributed by atoms with E-state index in [4.69, 9.17) is 4.43 Å². The first-order valence-electron chi connectivity index (χ1n) is 5.78. The van der Waals surface area contributed by atoms with Crippen LogP contribution in [0.2, 0.25) is 18.1 Å². The maximum atomic E-state index is 10.2. The van der Waals surface area contributed by atoms with Crippen LogP contribution < -0.4 is 0 Å². The van der Waals surface area contributed by atoms with Crippen molar-refractivity contribution in [3.8, 4) is 0 Å². The normalized spacial score (nSPS) is 15.1. The summed E-state index contributed by atoms with van der Waals surface area (Å²) in [7, 11) is -1.60. The van der Waals surface area contributed by atoms with Crippen LogP contribution in [0.3, 0.4) is 0 Å². The van der Waals surface area contributed by atoms with Crippen LogP contribution in [0.1, 0.15) is 40.5 Å². The lowest BCUT2D eigenvalue weighted by Crippen LogP contribution is -2.41. The number of carbonyl (C=O) groups is 1. The van der Waals surface area contributed by atoms with Crippen molar-refractivity contribution in [1.29, 1.82) is 0 Å². The molecule has 0 bridgehead atoms. The van der Waals surface area contributed by atoms with Crippen LogP contribution in [0.15, 0.2) is 0 Å². The fourth-order valence-corrected chi connectivity index (χ4v) is 2.14. The average Bonchev–Trinajstić information content (AvgIpc) is 2.09. The number of hydrogen-bond acceptors (Lipinski definition) is 2. The zero-order valence-corrected chi connectivity index (χ0v) is 12.1. The minimum atomic E-state index is -1.60. The van der Waals surface area contributed by atoms with E-state index in [2.05, 4.69) is 40.8 Å². The molecule has 0 heterocycles. The molecule has 0 rings (SSSR count). The first-order chi connectivity index (χ1) is 6.70. The lowest BCUT2D eigenvalue weighted by Gasteiger charge is -2.37. The molecule has 90 valence electrons. The Morgan fingerprint density at radius 3 is 2.27 bits per heavy atom. The highest BCUT2D eigenvalue weighted by atomic mass is 28.4. The zero-order chi connectivity index (χ0) is 12.1. The smallest absolute Gasteiger partial charge is 0.191 e. The standard InChI is InChI=1S/C12H26O2Si/c1-11(8-7-9-13)10-14-15(5,6)12(2,3)4/h9,11H,7-8,10H2,1-6H3/t11-/m1/s1. The largest absolute Gasteiger partial charge is 0.417 e. The highest BCUT2D eigenvalue weighted by Gasteiger charge is 2.37. The van der Waals surface area contributed by atoms with Crippen LogP contribution in [-0.2, 0) is 9.22 Å². The predicted molar refractivity (Wildman–Crippen MR) is 67.6 cm³/mol. The molecule has 2 nitrogen and oxygen atoms in total. The van der Waals surface area contributed by atoms with Crippen LogP contribution in [0.25, 0.3) is 0 Å². The molecule has 0 spiro atoms. The molecule has 3 heteroatoms. The molecule has 0 aliphatic carbocycles. The number of rotatable bonds is 6. The molecule has 0 aromatic heterocycles. The molecule has 0 saturated heterocycles. The third kappa shape index (κ3) is 5.47. The predicted octanol–water partition coefficient (Wildman–Crippen LogP) is 3.62. The first kappa shape index (κ1) is 14.8. The molecule has 0 radical (unpaired) electrons. The van der Waals surface area contributed by atoms with Gasteiger partial charge in [0, 0.05) is 13.0 Å². The molecule has 0 aromatic carbocycles. The Morgan fingerprint density at radius 2 is 1.87 bits per heavy atom. The lowest BCUT2D eigenvalue weighted by atomic mass is 10.1. The van der Waals surface area contributed by atoms with Gasteiger partial charge in [-0.2, -0.15) is 0 Å². The summed E-state index contributed by atoms with van der Waals surface area (Å²) in [4.78, 5) is 10.2. The second-order valence-electron chi connectivity index (χ2n) is 5.92. The van der Waals surface area contributed by atoms with Crippen molar-refractivity contribution in [3.05, 3.63) is 0 Å². The molecular formula is C12H26O2Si. The number of carbonyl (C=O) groups excluding carboxylic acids is 1. The summed E-state index contributed by atoms with van der Waals surface area (Å²) >= 11 is 0. The SMILES string of the molecule is C[C@H](CCC=O)CO[Si](C)(C)C(C)(C)C. The molecule has 15 heavy (non-hydrogen) atoms. The third-order valence-corrected chi connectivity index (χ3v) is 7.81. The van der Waals surface area contributed by atoms with E-state index in [1.54, 1.807) is 0 Å². The Kier molecular flexibility index (Phi) is 5.74. The van der Waals surface area contributed by atoms with Crippen molar-refractivity contribution in [2.75, 3.05) is 6.61 Å². The van der Waals surface area contributed by atoms with Crippen molar-refractivity contribution in [3.63, 3.8) is 0 Å². The zero-order valence-electron chi connectivity index (χ0n) is 11.1. The second-order valence-corrected chi connectivity index (χ2v) is 10.7. The molecule has 0 aliphatic heterocycles. The maximum Gasteiger partial charge on any atom is 0.191 e. The molecule has 0 fully saturated rings. The lowest BCUT2D eigenvalue weighted by molar-refractivity contribution is -0.108. The fraction of sp³-hybridized carbons (Fsp3) is 0.917.